The lowest BCUT2D eigenvalue weighted by Crippen LogP contribution is -2.24. The maximum Gasteiger partial charge on any atom is 0.131 e. The Labute approximate surface area is 202 Å². The van der Waals surface area contributed by atoms with E-state index in [0.29, 0.717) is 22.0 Å². The molecule has 4 rings (SSSR count). The van der Waals surface area contributed by atoms with Gasteiger partial charge in [0.15, 0.2) is 0 Å². The average Bonchev–Trinajstić information content (AvgIpc) is 3.23. The predicted octanol–water partition coefficient (Wildman–Crippen LogP) is 6.33. The minimum absolute atomic E-state index is 0.0327. The Bertz CT molecular complexity index is 1250. The van der Waals surface area contributed by atoms with Crippen LogP contribution in [0.25, 0.3) is 11.1 Å². The molecule has 0 fully saturated rings. The minimum atomic E-state index is -1.42. The zero-order valence-electron chi connectivity index (χ0n) is 16.6. The minimum Gasteiger partial charge on any atom is -0.543 e. The van der Waals surface area contributed by atoms with Gasteiger partial charge in [-0.25, -0.2) is 9.37 Å². The van der Waals surface area contributed by atoms with Crippen molar-refractivity contribution in [3.8, 4) is 5.75 Å². The van der Waals surface area contributed by atoms with Gasteiger partial charge >= 0.3 is 0 Å². The summed E-state index contributed by atoms with van der Waals surface area (Å²) in [6, 6.07) is 13.3. The van der Waals surface area contributed by atoms with Crippen LogP contribution in [0.5, 0.6) is 5.75 Å². The lowest BCUT2D eigenvalue weighted by molar-refractivity contribution is -0.255. The van der Waals surface area contributed by atoms with Gasteiger partial charge in [-0.3, -0.25) is 0 Å². The van der Waals surface area contributed by atoms with Gasteiger partial charge in [-0.2, -0.15) is 0 Å². The molecule has 0 N–H and O–H groups in total. The van der Waals surface area contributed by atoms with Crippen LogP contribution in [-0.4, -0.2) is 11.0 Å². The standard InChI is InChI=1S/C24H17BrCl2FNO3/c25-14-5-9-22(32-12-13-4-6-15(26)11-20(13)28)18(10-14)16-2-1-3-17(16)21-8-7-19(27)23(29-21)24(30)31/h4-11H,1-3,12H2,(H,30,31)/p-1. The molecule has 2 aromatic carbocycles. The topological polar surface area (TPSA) is 62.2 Å². The van der Waals surface area contributed by atoms with Crippen molar-refractivity contribution < 1.29 is 19.0 Å². The van der Waals surface area contributed by atoms with Crippen LogP contribution in [-0.2, 0) is 6.61 Å². The maximum atomic E-state index is 14.2. The number of carbonyl (C=O) groups excluding carboxylic acids is 1. The Morgan fingerprint density at radius 3 is 2.62 bits per heavy atom. The quantitative estimate of drug-likeness (QED) is 0.370. The SMILES string of the molecule is O=C([O-])c1nc(C2=C(c3cc(Br)ccc3OCc3ccc(Cl)cc3F)CCC2)ccc1Cl. The van der Waals surface area contributed by atoms with Gasteiger partial charge in [0.1, 0.15) is 23.9 Å². The third-order valence-electron chi connectivity index (χ3n) is 5.23. The summed E-state index contributed by atoms with van der Waals surface area (Å²) in [7, 11) is 0. The number of hydrogen-bond donors (Lipinski definition) is 0. The van der Waals surface area contributed by atoms with Gasteiger partial charge < -0.3 is 14.6 Å². The molecule has 0 amide bonds. The van der Waals surface area contributed by atoms with Crippen molar-refractivity contribution in [3.05, 3.63) is 91.4 Å². The van der Waals surface area contributed by atoms with E-state index in [9.17, 15) is 14.3 Å². The summed E-state index contributed by atoms with van der Waals surface area (Å²) in [5.74, 6) is -1.27. The Morgan fingerprint density at radius 1 is 1.09 bits per heavy atom. The highest BCUT2D eigenvalue weighted by atomic mass is 79.9. The zero-order valence-corrected chi connectivity index (χ0v) is 19.7. The van der Waals surface area contributed by atoms with Crippen LogP contribution in [0.3, 0.4) is 0 Å². The molecular formula is C24H16BrCl2FNO3-. The molecule has 0 aliphatic heterocycles. The third-order valence-corrected chi connectivity index (χ3v) is 6.26. The molecule has 32 heavy (non-hydrogen) atoms. The summed E-state index contributed by atoms with van der Waals surface area (Å²) in [6.45, 7) is 0.0360. The first-order valence-electron chi connectivity index (χ1n) is 9.80. The van der Waals surface area contributed by atoms with Crippen molar-refractivity contribution in [1.82, 2.24) is 4.98 Å². The predicted molar refractivity (Wildman–Crippen MR) is 124 cm³/mol. The normalized spacial score (nSPS) is 13.5. The summed E-state index contributed by atoms with van der Waals surface area (Å²) in [6.07, 6.45) is 2.38. The molecule has 4 nitrogen and oxygen atoms in total. The van der Waals surface area contributed by atoms with Gasteiger partial charge in [0.05, 0.1) is 16.7 Å². The van der Waals surface area contributed by atoms with E-state index < -0.39 is 11.8 Å². The Kier molecular flexibility index (Phi) is 6.84. The first kappa shape index (κ1) is 22.8. The molecule has 164 valence electrons. The fraction of sp³-hybridized carbons (Fsp3) is 0.167. The molecule has 0 saturated carbocycles. The van der Waals surface area contributed by atoms with Gasteiger partial charge in [0.25, 0.3) is 0 Å². The fourth-order valence-corrected chi connectivity index (χ4v) is 4.44. The zero-order chi connectivity index (χ0) is 22.8. The lowest BCUT2D eigenvalue weighted by atomic mass is 9.99. The van der Waals surface area contributed by atoms with Crippen LogP contribution in [0, 0.1) is 5.82 Å². The third kappa shape index (κ3) is 4.82. The molecule has 1 heterocycles. The van der Waals surface area contributed by atoms with E-state index in [1.807, 2.05) is 18.2 Å². The van der Waals surface area contributed by atoms with E-state index in [-0.39, 0.29) is 17.3 Å². The van der Waals surface area contributed by atoms with Crippen molar-refractivity contribution in [1.29, 1.82) is 0 Å². The number of pyridine rings is 1. The summed E-state index contributed by atoms with van der Waals surface area (Å²) >= 11 is 15.3. The number of carbonyl (C=O) groups is 1. The van der Waals surface area contributed by atoms with Crippen LogP contribution >= 0.6 is 39.1 Å². The average molecular weight is 536 g/mol. The van der Waals surface area contributed by atoms with E-state index in [0.717, 1.165) is 40.4 Å². The summed E-state index contributed by atoms with van der Waals surface area (Å²) in [5.41, 5.74) is 3.40. The van der Waals surface area contributed by atoms with Crippen molar-refractivity contribution in [2.45, 2.75) is 25.9 Å². The number of carboxylic acid groups (broad SMARTS) is 1. The monoisotopic (exact) mass is 534 g/mol. The lowest BCUT2D eigenvalue weighted by Gasteiger charge is -2.16. The van der Waals surface area contributed by atoms with Crippen molar-refractivity contribution >= 4 is 56.2 Å². The number of carboxylic acids is 1. The van der Waals surface area contributed by atoms with Crippen molar-refractivity contribution in [2.75, 3.05) is 0 Å². The summed E-state index contributed by atoms with van der Waals surface area (Å²) in [4.78, 5) is 15.6. The number of ether oxygens (including phenoxy) is 1. The van der Waals surface area contributed by atoms with Crippen LogP contribution in [0.2, 0.25) is 10.0 Å². The second-order valence-corrected chi connectivity index (χ2v) is 9.05. The highest BCUT2D eigenvalue weighted by Gasteiger charge is 2.22. The Morgan fingerprint density at radius 2 is 1.88 bits per heavy atom. The molecule has 0 spiro atoms. The van der Waals surface area contributed by atoms with E-state index in [4.69, 9.17) is 27.9 Å². The van der Waals surface area contributed by atoms with Gasteiger partial charge in [-0.05, 0) is 72.9 Å². The summed E-state index contributed by atoms with van der Waals surface area (Å²) in [5, 5.41) is 11.7. The van der Waals surface area contributed by atoms with Crippen LogP contribution in [0.4, 0.5) is 4.39 Å². The number of nitrogens with zero attached hydrogens (tertiary/aromatic N) is 1. The van der Waals surface area contributed by atoms with E-state index in [1.54, 1.807) is 18.2 Å². The molecule has 0 unspecified atom stereocenters. The molecule has 3 aromatic rings. The van der Waals surface area contributed by atoms with Gasteiger partial charge in [-0.15, -0.1) is 0 Å². The molecule has 0 radical (unpaired) electrons. The van der Waals surface area contributed by atoms with Crippen LogP contribution in [0.15, 0.2) is 53.0 Å². The molecule has 1 aliphatic carbocycles. The molecule has 0 saturated heterocycles. The Hall–Kier alpha value is -2.41. The molecule has 8 heteroatoms. The molecule has 0 atom stereocenters. The number of aromatic nitrogens is 1. The number of rotatable bonds is 6. The first-order chi connectivity index (χ1) is 15.3. The molecule has 1 aliphatic rings. The van der Waals surface area contributed by atoms with Crippen LogP contribution in [0.1, 0.15) is 46.6 Å². The number of benzene rings is 2. The molecule has 0 bridgehead atoms. The number of halogens is 4. The van der Waals surface area contributed by atoms with Crippen molar-refractivity contribution in [2.24, 2.45) is 0 Å². The Balaban J connectivity index is 1.73. The smallest absolute Gasteiger partial charge is 0.131 e. The first-order valence-corrected chi connectivity index (χ1v) is 11.4. The molecule has 1 aromatic heterocycles. The highest BCUT2D eigenvalue weighted by molar-refractivity contribution is 9.10. The van der Waals surface area contributed by atoms with E-state index >= 15 is 0 Å². The summed E-state index contributed by atoms with van der Waals surface area (Å²) < 4.78 is 21.0. The largest absolute Gasteiger partial charge is 0.543 e. The van der Waals surface area contributed by atoms with Gasteiger partial charge in [0.2, 0.25) is 0 Å². The highest BCUT2D eigenvalue weighted by Crippen LogP contribution is 2.43. The second-order valence-electron chi connectivity index (χ2n) is 7.29. The fourth-order valence-electron chi connectivity index (χ4n) is 3.74. The van der Waals surface area contributed by atoms with Crippen molar-refractivity contribution in [3.63, 3.8) is 0 Å². The number of allylic oxidation sites excluding steroid dienone is 2. The van der Waals surface area contributed by atoms with Gasteiger partial charge in [-0.1, -0.05) is 45.2 Å². The maximum absolute atomic E-state index is 14.2. The number of aromatic carboxylic acids is 1. The van der Waals surface area contributed by atoms with Gasteiger partial charge in [0, 0.05) is 20.6 Å². The second kappa shape index (κ2) is 9.61. The molecular weight excluding hydrogens is 520 g/mol. The number of hydrogen-bond acceptors (Lipinski definition) is 4. The van der Waals surface area contributed by atoms with E-state index in [1.165, 1.54) is 12.1 Å². The van der Waals surface area contributed by atoms with Crippen LogP contribution < -0.4 is 9.84 Å². The van der Waals surface area contributed by atoms with E-state index in [2.05, 4.69) is 20.9 Å².